The Morgan fingerprint density at radius 1 is 1.04 bits per heavy atom. The number of aromatic nitrogens is 4. The summed E-state index contributed by atoms with van der Waals surface area (Å²) in [6.07, 6.45) is 5.09. The number of fused-ring (bicyclic) bond motifs is 1. The van der Waals surface area contributed by atoms with Gasteiger partial charge in [-0.2, -0.15) is 4.98 Å². The van der Waals surface area contributed by atoms with E-state index in [0.29, 0.717) is 17.2 Å². The summed E-state index contributed by atoms with van der Waals surface area (Å²) in [5, 5.41) is 3.92. The second-order valence-electron chi connectivity index (χ2n) is 5.62. The molecule has 0 saturated heterocycles. The molecule has 0 saturated carbocycles. The summed E-state index contributed by atoms with van der Waals surface area (Å²) < 4.78 is 1.55. The van der Waals surface area contributed by atoms with E-state index in [4.69, 9.17) is 0 Å². The number of rotatable bonds is 3. The molecule has 0 unspecified atom stereocenters. The molecule has 1 aromatic carbocycles. The van der Waals surface area contributed by atoms with Crippen molar-refractivity contribution < 1.29 is 0 Å². The summed E-state index contributed by atoms with van der Waals surface area (Å²) in [5.41, 5.74) is 2.83. The first-order chi connectivity index (χ1) is 12.2. The third-order valence-corrected chi connectivity index (χ3v) is 3.97. The zero-order valence-electron chi connectivity index (χ0n) is 13.5. The molecule has 6 heteroatoms. The minimum atomic E-state index is -0.0905. The minimum absolute atomic E-state index is 0.0905. The van der Waals surface area contributed by atoms with Gasteiger partial charge in [0.25, 0.3) is 5.56 Å². The van der Waals surface area contributed by atoms with Crippen LogP contribution in [0.3, 0.4) is 0 Å². The molecule has 0 spiro atoms. The quantitative estimate of drug-likeness (QED) is 0.625. The smallest absolute Gasteiger partial charge is 0.259 e. The molecule has 0 aliphatic heterocycles. The normalized spacial score (nSPS) is 10.8. The van der Waals surface area contributed by atoms with Crippen molar-refractivity contribution in [2.24, 2.45) is 7.05 Å². The highest BCUT2D eigenvalue weighted by Gasteiger charge is 2.11. The molecule has 0 amide bonds. The average Bonchev–Trinajstić information content (AvgIpc) is 2.66. The minimum Gasteiger partial charge on any atom is -0.324 e. The van der Waals surface area contributed by atoms with Crippen molar-refractivity contribution in [3.8, 4) is 11.1 Å². The highest BCUT2D eigenvalue weighted by molar-refractivity contribution is 5.81. The lowest BCUT2D eigenvalue weighted by molar-refractivity contribution is 0.887. The Labute approximate surface area is 143 Å². The van der Waals surface area contributed by atoms with E-state index in [2.05, 4.69) is 20.3 Å². The number of hydrogen-bond donors (Lipinski definition) is 1. The lowest BCUT2D eigenvalue weighted by Gasteiger charge is -2.10. The van der Waals surface area contributed by atoms with Gasteiger partial charge in [0.1, 0.15) is 5.65 Å². The van der Waals surface area contributed by atoms with E-state index in [-0.39, 0.29) is 5.56 Å². The maximum absolute atomic E-state index is 12.7. The van der Waals surface area contributed by atoms with E-state index in [9.17, 15) is 4.79 Å². The van der Waals surface area contributed by atoms with Gasteiger partial charge >= 0.3 is 0 Å². The topological polar surface area (TPSA) is 72.7 Å². The second kappa shape index (κ2) is 6.16. The molecule has 0 radical (unpaired) electrons. The molecule has 4 aromatic rings. The molecule has 1 N–H and O–H groups in total. The van der Waals surface area contributed by atoms with Crippen LogP contribution in [0.4, 0.5) is 11.6 Å². The Kier molecular flexibility index (Phi) is 3.70. The van der Waals surface area contributed by atoms with E-state index in [0.717, 1.165) is 16.6 Å². The molecular weight excluding hydrogens is 314 g/mol. The second-order valence-corrected chi connectivity index (χ2v) is 5.62. The van der Waals surface area contributed by atoms with Crippen molar-refractivity contribution in [3.63, 3.8) is 0 Å². The first-order valence-electron chi connectivity index (χ1n) is 7.81. The van der Waals surface area contributed by atoms with Crippen molar-refractivity contribution >= 4 is 22.7 Å². The maximum Gasteiger partial charge on any atom is 0.259 e. The van der Waals surface area contributed by atoms with Gasteiger partial charge < -0.3 is 5.32 Å². The van der Waals surface area contributed by atoms with Gasteiger partial charge in [0, 0.05) is 42.3 Å². The average molecular weight is 329 g/mol. The fourth-order valence-corrected chi connectivity index (χ4v) is 2.70. The summed E-state index contributed by atoms with van der Waals surface area (Å²) in [7, 11) is 1.72. The van der Waals surface area contributed by atoms with Crippen LogP contribution < -0.4 is 10.9 Å². The van der Waals surface area contributed by atoms with Gasteiger partial charge in [-0.25, -0.2) is 4.98 Å². The standard InChI is InChI=1S/C19H15N5O/c1-24-17-14(11-16(18(24)25)13-5-3-2-4-6-13)12-21-19(23-17)22-15-7-9-20-10-8-15/h2-12H,1H3,(H,20,21,22,23). The predicted octanol–water partition coefficient (Wildman–Crippen LogP) is 3.13. The van der Waals surface area contributed by atoms with Crippen LogP contribution in [0.1, 0.15) is 0 Å². The number of nitrogens with zero attached hydrogens (tertiary/aromatic N) is 4. The Morgan fingerprint density at radius 3 is 2.56 bits per heavy atom. The molecule has 0 aliphatic carbocycles. The number of nitrogens with one attached hydrogen (secondary N) is 1. The summed E-state index contributed by atoms with van der Waals surface area (Å²) in [4.78, 5) is 25.5. The molecule has 0 bridgehead atoms. The highest BCUT2D eigenvalue weighted by atomic mass is 16.1. The largest absolute Gasteiger partial charge is 0.324 e. The third-order valence-electron chi connectivity index (χ3n) is 3.97. The molecule has 0 aliphatic rings. The van der Waals surface area contributed by atoms with Crippen LogP contribution in [0.25, 0.3) is 22.2 Å². The van der Waals surface area contributed by atoms with Crippen molar-refractivity contribution in [1.29, 1.82) is 0 Å². The molecule has 6 nitrogen and oxygen atoms in total. The van der Waals surface area contributed by atoms with Crippen LogP contribution in [-0.2, 0) is 7.05 Å². The summed E-state index contributed by atoms with van der Waals surface area (Å²) in [6, 6.07) is 15.1. The van der Waals surface area contributed by atoms with Crippen molar-refractivity contribution in [2.45, 2.75) is 0 Å². The Bertz CT molecular complexity index is 1090. The monoisotopic (exact) mass is 329 g/mol. The molecule has 3 aromatic heterocycles. The van der Waals surface area contributed by atoms with Crippen LogP contribution >= 0.6 is 0 Å². The number of aryl methyl sites for hydroxylation is 1. The maximum atomic E-state index is 12.7. The SMILES string of the molecule is Cn1c(=O)c(-c2ccccc2)cc2cnc(Nc3ccncc3)nc21. The Balaban J connectivity index is 1.82. The molecule has 122 valence electrons. The van der Waals surface area contributed by atoms with E-state index in [1.54, 1.807) is 30.2 Å². The molecule has 4 rings (SSSR count). The van der Waals surface area contributed by atoms with Crippen molar-refractivity contribution in [3.05, 3.63) is 77.5 Å². The molecule has 0 fully saturated rings. The van der Waals surface area contributed by atoms with E-state index in [1.807, 2.05) is 48.5 Å². The first-order valence-corrected chi connectivity index (χ1v) is 7.81. The van der Waals surface area contributed by atoms with Gasteiger partial charge in [0.2, 0.25) is 5.95 Å². The Hall–Kier alpha value is -3.54. The van der Waals surface area contributed by atoms with Crippen LogP contribution in [0, 0.1) is 0 Å². The van der Waals surface area contributed by atoms with E-state index < -0.39 is 0 Å². The van der Waals surface area contributed by atoms with Gasteiger partial charge in [-0.05, 0) is 23.8 Å². The lowest BCUT2D eigenvalue weighted by Crippen LogP contribution is -2.20. The molecular formula is C19H15N5O. The lowest BCUT2D eigenvalue weighted by atomic mass is 10.1. The Morgan fingerprint density at radius 2 is 1.80 bits per heavy atom. The summed E-state index contributed by atoms with van der Waals surface area (Å²) >= 11 is 0. The van der Waals surface area contributed by atoms with Gasteiger partial charge in [0.15, 0.2) is 0 Å². The van der Waals surface area contributed by atoms with Crippen LogP contribution in [-0.4, -0.2) is 19.5 Å². The van der Waals surface area contributed by atoms with Crippen molar-refractivity contribution in [1.82, 2.24) is 19.5 Å². The van der Waals surface area contributed by atoms with Crippen molar-refractivity contribution in [2.75, 3.05) is 5.32 Å². The summed E-state index contributed by atoms with van der Waals surface area (Å²) in [6.45, 7) is 0. The third kappa shape index (κ3) is 2.85. The number of hydrogen-bond acceptors (Lipinski definition) is 5. The first kappa shape index (κ1) is 15.0. The van der Waals surface area contributed by atoms with E-state index >= 15 is 0 Å². The van der Waals surface area contributed by atoms with Gasteiger partial charge in [-0.3, -0.25) is 14.3 Å². The van der Waals surface area contributed by atoms with Gasteiger partial charge in [0.05, 0.1) is 0 Å². The zero-order valence-corrected chi connectivity index (χ0v) is 13.5. The molecule has 0 atom stereocenters. The number of pyridine rings is 2. The number of benzene rings is 1. The fourth-order valence-electron chi connectivity index (χ4n) is 2.70. The highest BCUT2D eigenvalue weighted by Crippen LogP contribution is 2.20. The van der Waals surface area contributed by atoms with Gasteiger partial charge in [-0.1, -0.05) is 30.3 Å². The van der Waals surface area contributed by atoms with Crippen LogP contribution in [0.15, 0.2) is 71.9 Å². The zero-order chi connectivity index (χ0) is 17.2. The predicted molar refractivity (Wildman–Crippen MR) is 97.7 cm³/mol. The van der Waals surface area contributed by atoms with Crippen LogP contribution in [0.2, 0.25) is 0 Å². The number of anilines is 2. The van der Waals surface area contributed by atoms with Crippen LogP contribution in [0.5, 0.6) is 0 Å². The molecule has 3 heterocycles. The van der Waals surface area contributed by atoms with Gasteiger partial charge in [-0.15, -0.1) is 0 Å². The summed E-state index contributed by atoms with van der Waals surface area (Å²) in [5.74, 6) is 0.432. The fraction of sp³-hybridized carbons (Fsp3) is 0.0526. The van der Waals surface area contributed by atoms with E-state index in [1.165, 1.54) is 0 Å². The molecule has 25 heavy (non-hydrogen) atoms.